The molecule has 0 heterocycles. The summed E-state index contributed by atoms with van der Waals surface area (Å²) in [6, 6.07) is 5.99. The maximum atomic E-state index is 9.34. The highest BCUT2D eigenvalue weighted by atomic mass is 35.5. The average Bonchev–Trinajstić information content (AvgIpc) is 2.25. The van der Waals surface area contributed by atoms with Gasteiger partial charge in [-0.15, -0.1) is 11.6 Å². The zero-order valence-electron chi connectivity index (χ0n) is 9.05. The second-order valence-corrected chi connectivity index (χ2v) is 3.75. The lowest BCUT2D eigenvalue weighted by atomic mass is 10.1. The Bertz CT molecular complexity index is 317. The van der Waals surface area contributed by atoms with E-state index in [9.17, 15) is 5.11 Å². The van der Waals surface area contributed by atoms with Crippen LogP contribution < -0.4 is 10.6 Å². The number of benzene rings is 1. The minimum absolute atomic E-state index is 0.244. The molecule has 1 atom stereocenters. The third-order valence-electron chi connectivity index (χ3n) is 2.23. The van der Waals surface area contributed by atoms with Gasteiger partial charge in [-0.2, -0.15) is 0 Å². The van der Waals surface area contributed by atoms with Gasteiger partial charge in [0.05, 0.1) is 23.4 Å². The van der Waals surface area contributed by atoms with E-state index in [1.165, 1.54) is 5.56 Å². The van der Waals surface area contributed by atoms with Crippen molar-refractivity contribution in [1.29, 1.82) is 0 Å². The molecule has 0 amide bonds. The Labute approximate surface area is 95.5 Å². The van der Waals surface area contributed by atoms with Crippen molar-refractivity contribution in [2.24, 2.45) is 0 Å². The van der Waals surface area contributed by atoms with Crippen molar-refractivity contribution in [3.63, 3.8) is 0 Å². The molecule has 1 unspecified atom stereocenters. The van der Waals surface area contributed by atoms with Crippen LogP contribution in [0.4, 0.5) is 11.4 Å². The van der Waals surface area contributed by atoms with Crippen molar-refractivity contribution in [2.45, 2.75) is 13.0 Å². The largest absolute Gasteiger partial charge is 0.390 e. The van der Waals surface area contributed by atoms with Crippen LogP contribution >= 0.6 is 11.6 Å². The van der Waals surface area contributed by atoms with Crippen LogP contribution in [-0.2, 0) is 0 Å². The van der Waals surface area contributed by atoms with Gasteiger partial charge in [-0.05, 0) is 18.6 Å². The predicted molar refractivity (Wildman–Crippen MR) is 65.9 cm³/mol. The molecule has 0 saturated carbocycles. The van der Waals surface area contributed by atoms with Crippen LogP contribution in [-0.4, -0.2) is 30.7 Å². The van der Waals surface area contributed by atoms with Gasteiger partial charge < -0.3 is 15.7 Å². The van der Waals surface area contributed by atoms with E-state index in [0.29, 0.717) is 6.54 Å². The third-order valence-corrected chi connectivity index (χ3v) is 2.59. The molecule has 0 radical (unpaired) electrons. The van der Waals surface area contributed by atoms with Crippen LogP contribution in [0.5, 0.6) is 0 Å². The fraction of sp³-hybridized carbons (Fsp3) is 0.455. The first kappa shape index (κ1) is 12.1. The SMILES string of the molecule is CNc1c(C)cccc1NCC(O)CCl. The van der Waals surface area contributed by atoms with Crippen molar-refractivity contribution in [3.8, 4) is 0 Å². The third kappa shape index (κ3) is 3.29. The zero-order valence-corrected chi connectivity index (χ0v) is 9.80. The highest BCUT2D eigenvalue weighted by Gasteiger charge is 2.05. The van der Waals surface area contributed by atoms with Gasteiger partial charge in [0.1, 0.15) is 0 Å². The smallest absolute Gasteiger partial charge is 0.0847 e. The monoisotopic (exact) mass is 228 g/mol. The number of aliphatic hydroxyl groups excluding tert-OH is 1. The summed E-state index contributed by atoms with van der Waals surface area (Å²) < 4.78 is 0. The van der Waals surface area contributed by atoms with E-state index < -0.39 is 6.10 Å². The standard InChI is InChI=1S/C11H17ClN2O/c1-8-4-3-5-10(11(8)13-2)14-7-9(15)6-12/h3-5,9,13-15H,6-7H2,1-2H3. The van der Waals surface area contributed by atoms with E-state index in [1.54, 1.807) is 0 Å². The highest BCUT2D eigenvalue weighted by molar-refractivity contribution is 6.18. The van der Waals surface area contributed by atoms with Crippen molar-refractivity contribution in [3.05, 3.63) is 23.8 Å². The number of halogens is 1. The molecule has 0 saturated heterocycles. The maximum Gasteiger partial charge on any atom is 0.0847 e. The molecule has 1 aromatic rings. The topological polar surface area (TPSA) is 44.3 Å². The van der Waals surface area contributed by atoms with Crippen LogP contribution in [0.25, 0.3) is 0 Å². The number of hydrogen-bond acceptors (Lipinski definition) is 3. The van der Waals surface area contributed by atoms with E-state index in [1.807, 2.05) is 32.2 Å². The summed E-state index contributed by atoms with van der Waals surface area (Å²) in [5.74, 6) is 0.244. The Morgan fingerprint density at radius 3 is 2.80 bits per heavy atom. The Balaban J connectivity index is 2.72. The Kier molecular flexibility index (Phi) is 4.72. The van der Waals surface area contributed by atoms with Gasteiger partial charge in [0.25, 0.3) is 0 Å². The summed E-state index contributed by atoms with van der Waals surface area (Å²) >= 11 is 5.52. The molecule has 0 aliphatic heterocycles. The summed E-state index contributed by atoms with van der Waals surface area (Å²) in [5, 5.41) is 15.6. The second kappa shape index (κ2) is 5.83. The minimum Gasteiger partial charge on any atom is -0.390 e. The molecule has 3 nitrogen and oxygen atoms in total. The number of aliphatic hydroxyl groups is 1. The van der Waals surface area contributed by atoms with Crippen LogP contribution in [0.1, 0.15) is 5.56 Å². The number of rotatable bonds is 5. The van der Waals surface area contributed by atoms with Gasteiger partial charge >= 0.3 is 0 Å². The summed E-state index contributed by atoms with van der Waals surface area (Å²) in [7, 11) is 1.88. The van der Waals surface area contributed by atoms with E-state index in [4.69, 9.17) is 11.6 Å². The number of para-hydroxylation sites is 1. The van der Waals surface area contributed by atoms with Gasteiger partial charge in [-0.1, -0.05) is 12.1 Å². The van der Waals surface area contributed by atoms with Crippen molar-refractivity contribution >= 4 is 23.0 Å². The van der Waals surface area contributed by atoms with Crippen molar-refractivity contribution < 1.29 is 5.11 Å². The minimum atomic E-state index is -0.517. The van der Waals surface area contributed by atoms with Crippen LogP contribution in [0, 0.1) is 6.92 Å². The van der Waals surface area contributed by atoms with E-state index in [0.717, 1.165) is 11.4 Å². The molecule has 0 aliphatic carbocycles. The van der Waals surface area contributed by atoms with Gasteiger partial charge in [0.2, 0.25) is 0 Å². The van der Waals surface area contributed by atoms with E-state index in [-0.39, 0.29) is 5.88 Å². The molecule has 3 N–H and O–H groups in total. The van der Waals surface area contributed by atoms with Crippen molar-refractivity contribution in [2.75, 3.05) is 30.1 Å². The van der Waals surface area contributed by atoms with Crippen LogP contribution in [0.15, 0.2) is 18.2 Å². The van der Waals surface area contributed by atoms with Gasteiger partial charge in [0.15, 0.2) is 0 Å². The fourth-order valence-corrected chi connectivity index (χ4v) is 1.54. The highest BCUT2D eigenvalue weighted by Crippen LogP contribution is 2.24. The average molecular weight is 229 g/mol. The van der Waals surface area contributed by atoms with E-state index in [2.05, 4.69) is 10.6 Å². The molecular weight excluding hydrogens is 212 g/mol. The van der Waals surface area contributed by atoms with Gasteiger partial charge in [-0.25, -0.2) is 0 Å². The number of anilines is 2. The molecule has 0 aliphatic rings. The lowest BCUT2D eigenvalue weighted by Crippen LogP contribution is -2.21. The first-order valence-electron chi connectivity index (χ1n) is 4.94. The summed E-state index contributed by atoms with van der Waals surface area (Å²) in [6.45, 7) is 2.50. The summed E-state index contributed by atoms with van der Waals surface area (Å²) in [5.41, 5.74) is 3.21. The quantitative estimate of drug-likeness (QED) is 0.676. The Morgan fingerprint density at radius 2 is 2.20 bits per heavy atom. The Morgan fingerprint density at radius 1 is 1.47 bits per heavy atom. The number of nitrogens with one attached hydrogen (secondary N) is 2. The molecule has 0 spiro atoms. The molecular formula is C11H17ClN2O. The molecule has 1 rings (SSSR count). The first-order chi connectivity index (χ1) is 7.19. The van der Waals surface area contributed by atoms with E-state index >= 15 is 0 Å². The summed E-state index contributed by atoms with van der Waals surface area (Å²) in [6.07, 6.45) is -0.517. The Hall–Kier alpha value is -0.930. The van der Waals surface area contributed by atoms with Gasteiger partial charge in [-0.3, -0.25) is 0 Å². The summed E-state index contributed by atoms with van der Waals surface area (Å²) in [4.78, 5) is 0. The normalized spacial score (nSPS) is 12.3. The molecule has 1 aromatic carbocycles. The van der Waals surface area contributed by atoms with Crippen LogP contribution in [0.2, 0.25) is 0 Å². The molecule has 0 fully saturated rings. The molecule has 84 valence electrons. The lowest BCUT2D eigenvalue weighted by Gasteiger charge is -2.15. The predicted octanol–water partition coefficient (Wildman–Crippen LogP) is 2.05. The molecule has 4 heteroatoms. The molecule has 0 aromatic heterocycles. The number of hydrogen-bond donors (Lipinski definition) is 3. The molecule has 0 bridgehead atoms. The number of alkyl halides is 1. The number of aryl methyl sites for hydroxylation is 1. The second-order valence-electron chi connectivity index (χ2n) is 3.44. The zero-order chi connectivity index (χ0) is 11.3. The van der Waals surface area contributed by atoms with Crippen LogP contribution in [0.3, 0.4) is 0 Å². The maximum absolute atomic E-state index is 9.34. The molecule has 15 heavy (non-hydrogen) atoms. The fourth-order valence-electron chi connectivity index (χ4n) is 1.43. The lowest BCUT2D eigenvalue weighted by molar-refractivity contribution is 0.211. The van der Waals surface area contributed by atoms with Crippen molar-refractivity contribution in [1.82, 2.24) is 0 Å². The first-order valence-corrected chi connectivity index (χ1v) is 5.47. The van der Waals surface area contributed by atoms with Gasteiger partial charge in [0, 0.05) is 13.6 Å².